The van der Waals surface area contributed by atoms with E-state index in [2.05, 4.69) is 4.90 Å². The fraction of sp³-hybridized carbons (Fsp3) is 0.391. The maximum Gasteiger partial charge on any atom is 0.223 e. The van der Waals surface area contributed by atoms with Gasteiger partial charge in [-0.15, -0.1) is 0 Å². The lowest BCUT2D eigenvalue weighted by Crippen LogP contribution is -2.49. The summed E-state index contributed by atoms with van der Waals surface area (Å²) in [5.41, 5.74) is 1.79. The highest BCUT2D eigenvalue weighted by Gasteiger charge is 2.21. The fourth-order valence-electron chi connectivity index (χ4n) is 3.33. The summed E-state index contributed by atoms with van der Waals surface area (Å²) >= 11 is 6.09. The molecule has 29 heavy (non-hydrogen) atoms. The smallest absolute Gasteiger partial charge is 0.223 e. The Morgan fingerprint density at radius 2 is 1.66 bits per heavy atom. The highest BCUT2D eigenvalue weighted by atomic mass is 35.5. The second-order valence-corrected chi connectivity index (χ2v) is 7.70. The summed E-state index contributed by atoms with van der Waals surface area (Å²) in [6.45, 7) is 6.32. The number of amides is 1. The minimum absolute atomic E-state index is 0.0220. The second-order valence-electron chi connectivity index (χ2n) is 7.29. The number of piperazine rings is 1. The maximum absolute atomic E-state index is 12.4. The number of ether oxygens (including phenoxy) is 1. The number of carbonyl (C=O) groups excluding carboxylic acids is 2. The van der Waals surface area contributed by atoms with E-state index in [0.717, 1.165) is 25.2 Å². The molecule has 0 aromatic heterocycles. The van der Waals surface area contributed by atoms with Crippen molar-refractivity contribution in [1.82, 2.24) is 9.80 Å². The van der Waals surface area contributed by atoms with Gasteiger partial charge in [-0.1, -0.05) is 53.6 Å². The van der Waals surface area contributed by atoms with Crippen molar-refractivity contribution in [3.8, 4) is 5.75 Å². The lowest BCUT2D eigenvalue weighted by molar-refractivity contribution is -0.132. The molecule has 154 valence electrons. The molecule has 1 aliphatic heterocycles. The van der Waals surface area contributed by atoms with E-state index >= 15 is 0 Å². The molecule has 1 fully saturated rings. The van der Waals surface area contributed by atoms with E-state index in [1.165, 1.54) is 0 Å². The topological polar surface area (TPSA) is 49.9 Å². The van der Waals surface area contributed by atoms with E-state index in [9.17, 15) is 9.59 Å². The molecule has 0 unspecified atom stereocenters. The molecule has 2 aromatic carbocycles. The third-order valence-corrected chi connectivity index (χ3v) is 5.48. The van der Waals surface area contributed by atoms with E-state index < -0.39 is 0 Å². The normalized spacial score (nSPS) is 14.6. The van der Waals surface area contributed by atoms with Gasteiger partial charge in [0.05, 0.1) is 5.02 Å². The molecule has 0 N–H and O–H groups in total. The number of ketones is 1. The number of aryl methyl sites for hydroxylation is 1. The number of para-hydroxylation sites is 1. The number of rotatable bonds is 8. The molecule has 0 saturated carbocycles. The monoisotopic (exact) mass is 414 g/mol. The quantitative estimate of drug-likeness (QED) is 0.616. The van der Waals surface area contributed by atoms with Crippen molar-refractivity contribution in [2.24, 2.45) is 0 Å². The van der Waals surface area contributed by atoms with Crippen LogP contribution in [0.2, 0.25) is 5.02 Å². The van der Waals surface area contributed by atoms with Crippen molar-refractivity contribution in [1.29, 1.82) is 0 Å². The van der Waals surface area contributed by atoms with Crippen molar-refractivity contribution in [2.45, 2.75) is 19.8 Å². The molecule has 5 nitrogen and oxygen atoms in total. The number of halogens is 1. The average Bonchev–Trinajstić information content (AvgIpc) is 2.74. The summed E-state index contributed by atoms with van der Waals surface area (Å²) in [6, 6.07) is 14.9. The first-order chi connectivity index (χ1) is 14.0. The number of benzene rings is 2. The van der Waals surface area contributed by atoms with Crippen LogP contribution in [-0.4, -0.2) is 60.8 Å². The first-order valence-corrected chi connectivity index (χ1v) is 10.4. The van der Waals surface area contributed by atoms with E-state index in [1.54, 1.807) is 0 Å². The zero-order valence-corrected chi connectivity index (χ0v) is 17.5. The van der Waals surface area contributed by atoms with Crippen LogP contribution in [0.4, 0.5) is 0 Å². The Morgan fingerprint density at radius 1 is 0.966 bits per heavy atom. The van der Waals surface area contributed by atoms with Crippen LogP contribution in [0.1, 0.15) is 28.8 Å². The minimum Gasteiger partial charge on any atom is -0.491 e. The van der Waals surface area contributed by atoms with Crippen molar-refractivity contribution < 1.29 is 14.3 Å². The summed E-state index contributed by atoms with van der Waals surface area (Å²) < 4.78 is 5.74. The summed E-state index contributed by atoms with van der Waals surface area (Å²) in [6.07, 6.45) is 0.524. The first kappa shape index (κ1) is 21.3. The zero-order valence-electron chi connectivity index (χ0n) is 16.8. The lowest BCUT2D eigenvalue weighted by atomic mass is 10.0. The van der Waals surface area contributed by atoms with Gasteiger partial charge in [-0.2, -0.15) is 0 Å². The van der Waals surface area contributed by atoms with Crippen LogP contribution in [0.3, 0.4) is 0 Å². The molecule has 0 bridgehead atoms. The van der Waals surface area contributed by atoms with E-state index in [0.29, 0.717) is 36.0 Å². The van der Waals surface area contributed by atoms with Gasteiger partial charge in [0.2, 0.25) is 5.91 Å². The fourth-order valence-corrected chi connectivity index (χ4v) is 3.52. The third kappa shape index (κ3) is 6.31. The van der Waals surface area contributed by atoms with Gasteiger partial charge < -0.3 is 9.64 Å². The molecule has 1 saturated heterocycles. The summed E-state index contributed by atoms with van der Waals surface area (Å²) in [7, 11) is 0. The number of Topliss-reactive ketones (excluding diaryl/α,β-unsaturated/α-hetero) is 1. The molecule has 1 amide bonds. The first-order valence-electron chi connectivity index (χ1n) is 10.0. The van der Waals surface area contributed by atoms with Crippen LogP contribution < -0.4 is 4.74 Å². The van der Waals surface area contributed by atoms with Gasteiger partial charge in [0, 0.05) is 51.1 Å². The summed E-state index contributed by atoms with van der Waals surface area (Å²) in [5, 5.41) is 0.614. The maximum atomic E-state index is 12.4. The summed E-state index contributed by atoms with van der Waals surface area (Å²) in [4.78, 5) is 28.8. The molecule has 2 aromatic rings. The Morgan fingerprint density at radius 3 is 2.34 bits per heavy atom. The highest BCUT2D eigenvalue weighted by molar-refractivity contribution is 6.32. The Bertz CT molecular complexity index is 830. The Hall–Kier alpha value is -2.37. The molecule has 0 atom stereocenters. The van der Waals surface area contributed by atoms with Gasteiger partial charge in [-0.05, 0) is 19.1 Å². The average molecular weight is 415 g/mol. The largest absolute Gasteiger partial charge is 0.491 e. The van der Waals surface area contributed by atoms with Crippen molar-refractivity contribution in [3.63, 3.8) is 0 Å². The SMILES string of the molecule is Cc1ccc(C(=O)CCC(=O)N2CCN(CCOc3ccccc3Cl)CC2)cc1. The Labute approximate surface area is 177 Å². The van der Waals surface area contributed by atoms with Crippen molar-refractivity contribution in [3.05, 3.63) is 64.7 Å². The van der Waals surface area contributed by atoms with E-state index in [1.807, 2.05) is 60.4 Å². The van der Waals surface area contributed by atoms with Crippen molar-refractivity contribution in [2.75, 3.05) is 39.3 Å². The lowest BCUT2D eigenvalue weighted by Gasteiger charge is -2.34. The summed E-state index contributed by atoms with van der Waals surface area (Å²) in [5.74, 6) is 0.771. The molecular weight excluding hydrogens is 388 g/mol. The Balaban J connectivity index is 1.35. The zero-order chi connectivity index (χ0) is 20.6. The van der Waals surface area contributed by atoms with Crippen molar-refractivity contribution >= 4 is 23.3 Å². The van der Waals surface area contributed by atoms with E-state index in [4.69, 9.17) is 16.3 Å². The van der Waals surface area contributed by atoms with Gasteiger partial charge in [-0.25, -0.2) is 0 Å². The van der Waals surface area contributed by atoms with Crippen LogP contribution in [0.5, 0.6) is 5.75 Å². The van der Waals surface area contributed by atoms with Gasteiger partial charge in [-0.3, -0.25) is 14.5 Å². The number of nitrogens with zero attached hydrogens (tertiary/aromatic N) is 2. The van der Waals surface area contributed by atoms with E-state index in [-0.39, 0.29) is 24.5 Å². The molecule has 1 heterocycles. The minimum atomic E-state index is 0.0220. The molecule has 1 aliphatic rings. The molecule has 0 radical (unpaired) electrons. The van der Waals surface area contributed by atoms with Gasteiger partial charge in [0.15, 0.2) is 5.78 Å². The third-order valence-electron chi connectivity index (χ3n) is 5.17. The molecule has 6 heteroatoms. The second kappa shape index (κ2) is 10.4. The standard InChI is InChI=1S/C23H27ClN2O3/c1-18-6-8-19(9-7-18)21(27)10-11-23(28)26-14-12-25(13-15-26)16-17-29-22-5-3-2-4-20(22)24/h2-9H,10-17H2,1H3. The molecule has 0 aliphatic carbocycles. The van der Waals surface area contributed by atoms with Crippen LogP contribution in [0.25, 0.3) is 0 Å². The Kier molecular flexibility index (Phi) is 7.67. The predicted octanol–water partition coefficient (Wildman–Crippen LogP) is 3.83. The number of hydrogen-bond donors (Lipinski definition) is 0. The highest BCUT2D eigenvalue weighted by Crippen LogP contribution is 2.23. The van der Waals surface area contributed by atoms with Gasteiger partial charge in [0.1, 0.15) is 12.4 Å². The molecule has 0 spiro atoms. The van der Waals surface area contributed by atoms with Crippen LogP contribution >= 0.6 is 11.6 Å². The molecule has 3 rings (SSSR count). The van der Waals surface area contributed by atoms with Gasteiger partial charge >= 0.3 is 0 Å². The van der Waals surface area contributed by atoms with Crippen LogP contribution in [0.15, 0.2) is 48.5 Å². The van der Waals surface area contributed by atoms with Crippen LogP contribution in [0, 0.1) is 6.92 Å². The van der Waals surface area contributed by atoms with Crippen LogP contribution in [-0.2, 0) is 4.79 Å². The predicted molar refractivity (Wildman–Crippen MR) is 115 cm³/mol. The van der Waals surface area contributed by atoms with Gasteiger partial charge in [0.25, 0.3) is 0 Å². The number of hydrogen-bond acceptors (Lipinski definition) is 4. The number of carbonyl (C=O) groups is 2. The molecular formula is C23H27ClN2O3.